The quantitative estimate of drug-likeness (QED) is 0.0213. The number of rotatable bonds is 58. The Bertz CT molecular complexity index is 2620. The molecule has 3 aliphatic rings. The molecular weight excluding hydrogens is 1500 g/mol. The lowest BCUT2D eigenvalue weighted by molar-refractivity contribution is -0.272. The Morgan fingerprint density at radius 2 is 0.727 bits per heavy atom. The number of aliphatic hydroxyl groups is 9. The first-order valence-electron chi connectivity index (χ1n) is 36.3. The number of nitrogens with one attached hydrogen (secondary N) is 9. The van der Waals surface area contributed by atoms with E-state index in [0.717, 1.165) is 11.3 Å². The smallest absolute Gasteiger partial charge is 0.222 e. The van der Waals surface area contributed by atoms with Crippen LogP contribution in [0.15, 0.2) is 24.3 Å². The van der Waals surface area contributed by atoms with Gasteiger partial charge in [0.05, 0.1) is 159 Å². The average molecular weight is 1620 g/mol. The van der Waals surface area contributed by atoms with Crippen molar-refractivity contribution < 1.29 is 151 Å². The van der Waals surface area contributed by atoms with Gasteiger partial charge in [0.15, 0.2) is 24.0 Å². The summed E-state index contributed by atoms with van der Waals surface area (Å²) in [5.74, 6) is -3.14. The van der Waals surface area contributed by atoms with Gasteiger partial charge in [-0.1, -0.05) is 24.4 Å². The van der Waals surface area contributed by atoms with Gasteiger partial charge in [-0.2, -0.15) is 0 Å². The fourth-order valence-electron chi connectivity index (χ4n) is 10.9. The second-order valence-electron chi connectivity index (χ2n) is 25.5. The van der Waals surface area contributed by atoms with Crippen LogP contribution in [-0.4, -0.2) is 380 Å². The maximum atomic E-state index is 14.1. The number of aliphatic hydroxyl groups excluding tert-OH is 9. The second kappa shape index (κ2) is 55.7. The Labute approximate surface area is 649 Å². The SMILES string of the molecule is CNC(=S)Nc1ccc(CC(=S)CCC(=O)NC(COCCC(=O)NCCOCCOCCO[C@@H]2OC(CO)[C@H](O)[C@H](O)C2NC(C)=O)(COCCC(=O)NCCOCCOCCO[C@@H]2OC(CO)[C@H](O)[C@H](O)C2NC(C)=O)COCCC(=O)NCCOCCOCCO[C@@H]2OC(CO)[C@H](O)[C@H](O)C2NC(C)=O)cc1. The number of ether oxygens (including phenoxy) is 15. The molecule has 3 saturated heterocycles. The normalized spacial score (nSPS) is 24.4. The predicted molar refractivity (Wildman–Crippen MR) is 392 cm³/mol. The van der Waals surface area contributed by atoms with E-state index in [1.54, 1.807) is 7.05 Å². The van der Waals surface area contributed by atoms with Gasteiger partial charge in [0.1, 0.15) is 78.6 Å². The molecule has 1 aromatic carbocycles. The highest BCUT2D eigenvalue weighted by atomic mass is 32.1. The standard InChI is InChI=1S/C68H115N9O31S2/c1-42(81)73-55-61(91)58(88)48(36-78)106-64(55)103-32-29-97-26-23-94-20-14-70-51(84)11-17-100-39-68(77-54(87)10-9-47(109)35-45-5-7-46(8-6-45)76-67(110)69-4,40-101-18-12-52(85)71-15-21-95-24-27-98-30-33-104-65-56(74-43(2)82)62(92)59(89)49(37-79)107-65)41-102-19-13-53(86)72-16-22-96-25-28-99-31-34-105-66-57(75-44(3)83)63(93)60(90)50(38-80)108-66/h5-8,48-50,55-66,78-80,88-93H,9-41H2,1-4H3,(H,70,84)(H,71,85)(H,72,86)(H,73,81)(H,74,82)(H,75,83)(H,77,87)(H2,69,76,110)/t48?,49?,50?,55?,56?,57?,58-,59-,60-,61+,62+,63+,64+,65+,66+,68?/m0/s1. The highest BCUT2D eigenvalue weighted by molar-refractivity contribution is 7.80. The van der Waals surface area contributed by atoms with Crippen molar-refractivity contribution in [2.45, 2.75) is 157 Å². The van der Waals surface area contributed by atoms with Crippen LogP contribution in [0.2, 0.25) is 0 Å². The zero-order chi connectivity index (χ0) is 80.6. The van der Waals surface area contributed by atoms with E-state index in [-0.39, 0.29) is 190 Å². The van der Waals surface area contributed by atoms with Crippen molar-refractivity contribution in [3.05, 3.63) is 29.8 Å². The summed E-state index contributed by atoms with van der Waals surface area (Å²) >= 11 is 10.9. The van der Waals surface area contributed by atoms with E-state index in [0.29, 0.717) is 16.4 Å². The van der Waals surface area contributed by atoms with Gasteiger partial charge in [0.2, 0.25) is 41.4 Å². The predicted octanol–water partition coefficient (Wildman–Crippen LogP) is -7.30. The number of hydrogen-bond acceptors (Lipinski definition) is 33. The van der Waals surface area contributed by atoms with Crippen LogP contribution in [0.5, 0.6) is 0 Å². The summed E-state index contributed by atoms with van der Waals surface area (Å²) in [7, 11) is 1.70. The second-order valence-corrected chi connectivity index (χ2v) is 26.5. The molecule has 0 spiro atoms. The Balaban J connectivity index is 1.29. The van der Waals surface area contributed by atoms with Crippen molar-refractivity contribution in [3.8, 4) is 0 Å². The van der Waals surface area contributed by atoms with E-state index in [2.05, 4.69) is 47.9 Å². The third kappa shape index (κ3) is 38.4. The van der Waals surface area contributed by atoms with Gasteiger partial charge in [-0.3, -0.25) is 33.6 Å². The van der Waals surface area contributed by atoms with Crippen LogP contribution in [-0.2, 0) is 111 Å². The monoisotopic (exact) mass is 1620 g/mol. The lowest BCUT2D eigenvalue weighted by Gasteiger charge is -2.42. The minimum absolute atomic E-state index is 0.0370. The van der Waals surface area contributed by atoms with Crippen LogP contribution < -0.4 is 47.9 Å². The molecule has 3 fully saturated rings. The number of amides is 7. The van der Waals surface area contributed by atoms with Crippen molar-refractivity contribution in [3.63, 3.8) is 0 Å². The summed E-state index contributed by atoms with van der Waals surface area (Å²) in [5.41, 5.74) is 0.190. The first-order chi connectivity index (χ1) is 52.8. The minimum atomic E-state index is -1.47. The molecule has 3 aliphatic heterocycles. The maximum absolute atomic E-state index is 14.1. The van der Waals surface area contributed by atoms with E-state index in [4.69, 9.17) is 95.5 Å². The number of thiocarbonyl (C=S) groups is 2. The van der Waals surface area contributed by atoms with Crippen molar-refractivity contribution in [1.29, 1.82) is 0 Å². The first kappa shape index (κ1) is 96.7. The molecule has 4 rings (SSSR count). The lowest BCUT2D eigenvalue weighted by atomic mass is 9.97. The molecular formula is C68H115N9O31S2. The van der Waals surface area contributed by atoms with Crippen molar-refractivity contribution in [2.24, 2.45) is 0 Å². The number of carbonyl (C=O) groups is 7. The molecule has 0 saturated carbocycles. The number of hydrogen-bond donors (Lipinski definition) is 18. The molecule has 18 N–H and O–H groups in total. The molecule has 1 aromatic rings. The van der Waals surface area contributed by atoms with E-state index in [1.807, 2.05) is 24.3 Å². The largest absolute Gasteiger partial charge is 0.394 e. The number of benzene rings is 1. The maximum Gasteiger partial charge on any atom is 0.222 e. The van der Waals surface area contributed by atoms with Crippen LogP contribution >= 0.6 is 24.4 Å². The minimum Gasteiger partial charge on any atom is -0.394 e. The Hall–Kier alpha value is -5.67. The summed E-state index contributed by atoms with van der Waals surface area (Å²) in [6.45, 7) is 2.23. The van der Waals surface area contributed by atoms with Crippen molar-refractivity contribution >= 4 is 81.5 Å². The summed E-state index contributed by atoms with van der Waals surface area (Å²) in [5, 5.41) is 116. The lowest BCUT2D eigenvalue weighted by Crippen LogP contribution is -2.64. The summed E-state index contributed by atoms with van der Waals surface area (Å²) in [6.07, 6.45) is -15.6. The third-order valence-electron chi connectivity index (χ3n) is 16.5. The summed E-state index contributed by atoms with van der Waals surface area (Å²) in [4.78, 5) is 88.9. The van der Waals surface area contributed by atoms with Crippen LogP contribution in [0.3, 0.4) is 0 Å². The Morgan fingerprint density at radius 1 is 0.409 bits per heavy atom. The third-order valence-corrected chi connectivity index (χ3v) is 17.2. The van der Waals surface area contributed by atoms with E-state index in [1.165, 1.54) is 20.8 Å². The van der Waals surface area contributed by atoms with Gasteiger partial charge in [-0.05, 0) is 41.2 Å². The molecule has 6 unspecified atom stereocenters. The van der Waals surface area contributed by atoms with E-state index >= 15 is 0 Å². The number of carbonyl (C=O) groups excluding carboxylic acids is 7. The molecule has 0 aromatic heterocycles. The fourth-order valence-corrected chi connectivity index (χ4v) is 11.3. The summed E-state index contributed by atoms with van der Waals surface area (Å²) in [6, 6.07) is 4.15. The average Bonchev–Trinajstić information content (AvgIpc) is 0.836. The molecule has 110 heavy (non-hydrogen) atoms. The van der Waals surface area contributed by atoms with Gasteiger partial charge in [0.25, 0.3) is 0 Å². The molecule has 0 aliphatic carbocycles. The fraction of sp³-hybridized carbons (Fsp3) is 0.779. The molecule has 40 nitrogen and oxygen atoms in total. The molecule has 630 valence electrons. The van der Waals surface area contributed by atoms with Crippen LogP contribution in [0.4, 0.5) is 5.69 Å². The Morgan fingerprint density at radius 3 is 1.04 bits per heavy atom. The molecule has 15 atom stereocenters. The van der Waals surface area contributed by atoms with Gasteiger partial charge >= 0.3 is 0 Å². The van der Waals surface area contributed by atoms with Gasteiger partial charge in [0, 0.05) is 85.2 Å². The topological polar surface area (TPSA) is 548 Å². The van der Waals surface area contributed by atoms with Gasteiger partial charge in [-0.15, -0.1) is 0 Å². The molecule has 7 amide bonds. The van der Waals surface area contributed by atoms with Gasteiger partial charge < -0.3 is 165 Å². The van der Waals surface area contributed by atoms with Crippen LogP contribution in [0.1, 0.15) is 58.4 Å². The van der Waals surface area contributed by atoms with Crippen molar-refractivity contribution in [1.82, 2.24) is 42.5 Å². The molecule has 0 radical (unpaired) electrons. The van der Waals surface area contributed by atoms with E-state index < -0.39 is 159 Å². The highest BCUT2D eigenvalue weighted by Gasteiger charge is 2.48. The number of anilines is 1. The first-order valence-corrected chi connectivity index (χ1v) is 37.1. The summed E-state index contributed by atoms with van der Waals surface area (Å²) < 4.78 is 85.2. The highest BCUT2D eigenvalue weighted by Crippen LogP contribution is 2.26. The molecule has 0 bridgehead atoms. The zero-order valence-electron chi connectivity index (χ0n) is 62.6. The van der Waals surface area contributed by atoms with Crippen LogP contribution in [0.25, 0.3) is 0 Å². The Kier molecular flexibility index (Phi) is 49.0. The van der Waals surface area contributed by atoms with Gasteiger partial charge in [-0.25, -0.2) is 0 Å². The van der Waals surface area contributed by atoms with Crippen LogP contribution in [0, 0.1) is 0 Å². The molecule has 42 heteroatoms. The molecule has 3 heterocycles. The van der Waals surface area contributed by atoms with Crippen molar-refractivity contribution in [2.75, 3.05) is 191 Å². The zero-order valence-corrected chi connectivity index (χ0v) is 64.3. The van der Waals surface area contributed by atoms with E-state index in [9.17, 15) is 79.5 Å².